The lowest BCUT2D eigenvalue weighted by Crippen LogP contribution is -2.27. The molecular formula is C17H21N3O5S. The fourth-order valence-corrected chi connectivity index (χ4v) is 3.53. The molecule has 0 unspecified atom stereocenters. The van der Waals surface area contributed by atoms with Crippen LogP contribution in [0, 0.1) is 0 Å². The highest BCUT2D eigenvalue weighted by atomic mass is 32.2. The van der Waals surface area contributed by atoms with Gasteiger partial charge in [0.2, 0.25) is 17.6 Å². The third-order valence-electron chi connectivity index (χ3n) is 3.82. The van der Waals surface area contributed by atoms with Crippen LogP contribution in [-0.4, -0.2) is 42.9 Å². The first-order valence-electron chi connectivity index (χ1n) is 8.51. The molecule has 1 aliphatic carbocycles. The van der Waals surface area contributed by atoms with E-state index in [-0.39, 0.29) is 35.8 Å². The van der Waals surface area contributed by atoms with E-state index in [9.17, 15) is 13.2 Å². The maximum Gasteiger partial charge on any atom is 0.242 e. The van der Waals surface area contributed by atoms with Gasteiger partial charge in [0, 0.05) is 12.5 Å². The smallest absolute Gasteiger partial charge is 0.242 e. The monoisotopic (exact) mass is 379 g/mol. The molecule has 1 N–H and O–H groups in total. The van der Waals surface area contributed by atoms with E-state index < -0.39 is 15.6 Å². The second-order valence-corrected chi connectivity index (χ2v) is 8.31. The third-order valence-corrected chi connectivity index (χ3v) is 5.33. The van der Waals surface area contributed by atoms with Gasteiger partial charge in [0.05, 0.1) is 17.9 Å². The van der Waals surface area contributed by atoms with Gasteiger partial charge < -0.3 is 14.6 Å². The summed E-state index contributed by atoms with van der Waals surface area (Å²) in [7, 11) is -3.52. The zero-order valence-electron chi connectivity index (χ0n) is 14.5. The van der Waals surface area contributed by atoms with Gasteiger partial charge in [-0.2, -0.15) is 4.98 Å². The van der Waals surface area contributed by atoms with Gasteiger partial charge in [0.1, 0.15) is 11.5 Å². The van der Waals surface area contributed by atoms with Gasteiger partial charge in [-0.3, -0.25) is 4.79 Å². The number of amides is 1. The number of nitrogens with one attached hydrogen (secondary N) is 1. The van der Waals surface area contributed by atoms with Crippen LogP contribution < -0.4 is 10.1 Å². The average molecular weight is 379 g/mol. The standard InChI is InChI=1S/C17H21N3O5S/c1-2-24-14-6-4-3-5-13(14)17-19-16(25-20-17)11-26(22,23)10-9-15(21)18-12-7-8-12/h3-6,12H,2,7-11H2,1H3,(H,18,21). The largest absolute Gasteiger partial charge is 0.493 e. The van der Waals surface area contributed by atoms with Crippen molar-refractivity contribution in [2.75, 3.05) is 12.4 Å². The normalized spacial score (nSPS) is 14.2. The minimum absolute atomic E-state index is 0.00565. The van der Waals surface area contributed by atoms with Crippen molar-refractivity contribution in [3.05, 3.63) is 30.2 Å². The topological polar surface area (TPSA) is 111 Å². The molecule has 1 amide bonds. The van der Waals surface area contributed by atoms with E-state index in [4.69, 9.17) is 9.26 Å². The first kappa shape index (κ1) is 18.4. The molecule has 1 saturated carbocycles. The minimum Gasteiger partial charge on any atom is -0.493 e. The van der Waals surface area contributed by atoms with E-state index in [0.717, 1.165) is 12.8 Å². The Bertz CT molecular complexity index is 874. The van der Waals surface area contributed by atoms with Gasteiger partial charge in [-0.1, -0.05) is 17.3 Å². The average Bonchev–Trinajstić information content (AvgIpc) is 3.30. The lowest BCUT2D eigenvalue weighted by molar-refractivity contribution is -0.120. The number of carbonyl (C=O) groups excluding carboxylic acids is 1. The zero-order chi connectivity index (χ0) is 18.6. The molecular weight excluding hydrogens is 358 g/mol. The molecule has 140 valence electrons. The van der Waals surface area contributed by atoms with E-state index in [1.165, 1.54) is 0 Å². The molecule has 8 nitrogen and oxygen atoms in total. The first-order chi connectivity index (χ1) is 12.5. The molecule has 0 radical (unpaired) electrons. The fraction of sp³-hybridized carbons (Fsp3) is 0.471. The van der Waals surface area contributed by atoms with E-state index in [1.807, 2.05) is 19.1 Å². The van der Waals surface area contributed by atoms with Gasteiger partial charge in [-0.05, 0) is 31.9 Å². The Hall–Kier alpha value is -2.42. The van der Waals surface area contributed by atoms with Crippen LogP contribution in [0.2, 0.25) is 0 Å². The van der Waals surface area contributed by atoms with Crippen molar-refractivity contribution in [3.8, 4) is 17.1 Å². The molecule has 0 bridgehead atoms. The Morgan fingerprint density at radius 3 is 2.85 bits per heavy atom. The molecule has 1 aliphatic rings. The van der Waals surface area contributed by atoms with Crippen LogP contribution in [0.1, 0.15) is 32.1 Å². The molecule has 1 aromatic heterocycles. The van der Waals surface area contributed by atoms with Crippen molar-refractivity contribution >= 4 is 15.7 Å². The molecule has 2 aromatic rings. The number of para-hydroxylation sites is 1. The van der Waals surface area contributed by atoms with Crippen molar-refractivity contribution in [2.45, 2.75) is 38.0 Å². The lowest BCUT2D eigenvalue weighted by atomic mass is 10.2. The van der Waals surface area contributed by atoms with Crippen molar-refractivity contribution in [1.82, 2.24) is 15.5 Å². The summed E-state index contributed by atoms with van der Waals surface area (Å²) in [6.07, 6.45) is 1.87. The van der Waals surface area contributed by atoms with Crippen LogP contribution in [0.15, 0.2) is 28.8 Å². The van der Waals surface area contributed by atoms with Crippen LogP contribution in [0.5, 0.6) is 5.75 Å². The molecule has 1 fully saturated rings. The van der Waals surface area contributed by atoms with Crippen LogP contribution in [0.25, 0.3) is 11.4 Å². The predicted octanol–water partition coefficient (Wildman–Crippen LogP) is 1.72. The maximum atomic E-state index is 12.2. The maximum absolute atomic E-state index is 12.2. The summed E-state index contributed by atoms with van der Waals surface area (Å²) in [5, 5.41) is 6.61. The van der Waals surface area contributed by atoms with Gasteiger partial charge in [-0.25, -0.2) is 8.42 Å². The van der Waals surface area contributed by atoms with Crippen molar-refractivity contribution in [1.29, 1.82) is 0 Å². The molecule has 1 heterocycles. The minimum atomic E-state index is -3.52. The Morgan fingerprint density at radius 1 is 1.35 bits per heavy atom. The quantitative estimate of drug-likeness (QED) is 0.706. The Labute approximate surface area is 151 Å². The summed E-state index contributed by atoms with van der Waals surface area (Å²) in [5.41, 5.74) is 0.630. The molecule has 0 spiro atoms. The van der Waals surface area contributed by atoms with Crippen LogP contribution in [0.3, 0.4) is 0 Å². The lowest BCUT2D eigenvalue weighted by Gasteiger charge is -2.06. The Kier molecular flexibility index (Phi) is 5.55. The van der Waals surface area contributed by atoms with E-state index in [2.05, 4.69) is 15.5 Å². The number of carbonyl (C=O) groups is 1. The summed E-state index contributed by atoms with van der Waals surface area (Å²) < 4.78 is 35.0. The SMILES string of the molecule is CCOc1ccccc1-c1noc(CS(=O)(=O)CCC(=O)NC2CC2)n1. The zero-order valence-corrected chi connectivity index (χ0v) is 15.3. The molecule has 3 rings (SSSR count). The molecule has 0 atom stereocenters. The number of rotatable bonds is 9. The summed E-state index contributed by atoms with van der Waals surface area (Å²) in [6, 6.07) is 7.41. The molecule has 1 aromatic carbocycles. The highest BCUT2D eigenvalue weighted by Crippen LogP contribution is 2.27. The van der Waals surface area contributed by atoms with Gasteiger partial charge in [0.15, 0.2) is 9.84 Å². The molecule has 0 aliphatic heterocycles. The Balaban J connectivity index is 1.63. The number of ether oxygens (including phenoxy) is 1. The predicted molar refractivity (Wildman–Crippen MR) is 94.2 cm³/mol. The highest BCUT2D eigenvalue weighted by Gasteiger charge is 2.25. The highest BCUT2D eigenvalue weighted by molar-refractivity contribution is 7.90. The van der Waals surface area contributed by atoms with Crippen molar-refractivity contribution in [2.24, 2.45) is 0 Å². The number of hydrogen-bond donors (Lipinski definition) is 1. The number of hydrogen-bond acceptors (Lipinski definition) is 7. The van der Waals surface area contributed by atoms with Gasteiger partial charge in [0.25, 0.3) is 0 Å². The number of sulfone groups is 1. The van der Waals surface area contributed by atoms with Crippen LogP contribution >= 0.6 is 0 Å². The third kappa shape index (κ3) is 5.04. The van der Waals surface area contributed by atoms with E-state index in [1.54, 1.807) is 12.1 Å². The summed E-state index contributed by atoms with van der Waals surface area (Å²) in [5.74, 6) is -0.0266. The number of benzene rings is 1. The number of aromatic nitrogens is 2. The van der Waals surface area contributed by atoms with Crippen LogP contribution in [0.4, 0.5) is 0 Å². The molecule has 26 heavy (non-hydrogen) atoms. The second kappa shape index (κ2) is 7.86. The first-order valence-corrected chi connectivity index (χ1v) is 10.3. The second-order valence-electron chi connectivity index (χ2n) is 6.12. The summed E-state index contributed by atoms with van der Waals surface area (Å²) in [4.78, 5) is 15.8. The van der Waals surface area contributed by atoms with Crippen LogP contribution in [-0.2, 0) is 20.4 Å². The van der Waals surface area contributed by atoms with Crippen molar-refractivity contribution in [3.63, 3.8) is 0 Å². The van der Waals surface area contributed by atoms with E-state index in [0.29, 0.717) is 17.9 Å². The molecule has 0 saturated heterocycles. The molecule has 9 heteroatoms. The van der Waals surface area contributed by atoms with E-state index >= 15 is 0 Å². The Morgan fingerprint density at radius 2 is 2.12 bits per heavy atom. The summed E-state index contributed by atoms with van der Waals surface area (Å²) in [6.45, 7) is 2.35. The number of nitrogens with zero attached hydrogens (tertiary/aromatic N) is 2. The van der Waals surface area contributed by atoms with Crippen molar-refractivity contribution < 1.29 is 22.5 Å². The van der Waals surface area contributed by atoms with Gasteiger partial charge in [-0.15, -0.1) is 0 Å². The fourth-order valence-electron chi connectivity index (χ4n) is 2.39. The summed E-state index contributed by atoms with van der Waals surface area (Å²) >= 11 is 0. The van der Waals surface area contributed by atoms with Gasteiger partial charge >= 0.3 is 0 Å².